The van der Waals surface area contributed by atoms with E-state index in [2.05, 4.69) is 117 Å². The quantitative estimate of drug-likeness (QED) is 0.0912. The molecule has 0 saturated heterocycles. The molecule has 0 aliphatic heterocycles. The van der Waals surface area contributed by atoms with E-state index >= 15 is 0 Å². The summed E-state index contributed by atoms with van der Waals surface area (Å²) in [5, 5.41) is 0. The van der Waals surface area contributed by atoms with Crippen LogP contribution in [0.25, 0.3) is 0 Å². The molecule has 2 rings (SSSR count). The van der Waals surface area contributed by atoms with Gasteiger partial charge in [0.1, 0.15) is 11.4 Å². The summed E-state index contributed by atoms with van der Waals surface area (Å²) in [5.74, 6) is 0. The number of quaternary nitrogens is 4. The van der Waals surface area contributed by atoms with E-state index in [1.165, 1.54) is 137 Å². The smallest absolute Gasteiger partial charge is 0.132 e. The van der Waals surface area contributed by atoms with Crippen molar-refractivity contribution in [2.75, 3.05) is 95.6 Å². The van der Waals surface area contributed by atoms with Crippen molar-refractivity contribution in [2.24, 2.45) is 0 Å². The van der Waals surface area contributed by atoms with Gasteiger partial charge in [0.15, 0.2) is 0 Å². The first kappa shape index (κ1) is 36.5. The summed E-state index contributed by atoms with van der Waals surface area (Å²) in [5.41, 5.74) is 2.84. The van der Waals surface area contributed by atoms with E-state index in [0.29, 0.717) is 0 Å². The van der Waals surface area contributed by atoms with E-state index < -0.39 is 0 Å². The van der Waals surface area contributed by atoms with Gasteiger partial charge in [0, 0.05) is 0 Å². The van der Waals surface area contributed by atoms with Crippen LogP contribution in [0.3, 0.4) is 0 Å². The number of para-hydroxylation sites is 2. The monoisotopic (exact) mass is 583 g/mol. The van der Waals surface area contributed by atoms with Crippen molar-refractivity contribution < 1.29 is 8.97 Å². The molecule has 4 nitrogen and oxygen atoms in total. The van der Waals surface area contributed by atoms with Crippen LogP contribution in [0, 0.1) is 0 Å². The molecule has 0 amide bonds. The van der Waals surface area contributed by atoms with Gasteiger partial charge in [0.2, 0.25) is 0 Å². The zero-order chi connectivity index (χ0) is 31.0. The lowest BCUT2D eigenvalue weighted by Gasteiger charge is -2.31. The van der Waals surface area contributed by atoms with Gasteiger partial charge in [0.25, 0.3) is 0 Å². The molecule has 0 saturated carbocycles. The Hall–Kier alpha value is -1.72. The molecule has 0 spiro atoms. The topological polar surface area (TPSA) is 0 Å². The predicted octanol–water partition coefficient (Wildman–Crippen LogP) is 8.35. The molecule has 0 radical (unpaired) electrons. The SMILES string of the molecule is C[N+](C)(CCCCCC[N+](C)(C)CCCCCC[N+](C)(C)c1ccccc1)CCCCCC[N+](C)(C)c1ccccc1. The van der Waals surface area contributed by atoms with Crippen molar-refractivity contribution >= 4 is 11.4 Å². The Morgan fingerprint density at radius 2 is 0.548 bits per heavy atom. The van der Waals surface area contributed by atoms with E-state index in [4.69, 9.17) is 0 Å². The molecule has 0 heterocycles. The summed E-state index contributed by atoms with van der Waals surface area (Å²) >= 11 is 0. The Labute approximate surface area is 262 Å². The first-order chi connectivity index (χ1) is 19.8. The van der Waals surface area contributed by atoms with Gasteiger partial charge >= 0.3 is 0 Å². The predicted molar refractivity (Wildman–Crippen MR) is 189 cm³/mol. The molecule has 0 fully saturated rings. The van der Waals surface area contributed by atoms with Gasteiger partial charge in [-0.05, 0) is 101 Å². The van der Waals surface area contributed by atoms with Crippen molar-refractivity contribution in [2.45, 2.75) is 77.0 Å². The lowest BCUT2D eigenvalue weighted by Crippen LogP contribution is -2.42. The highest BCUT2D eigenvalue weighted by Crippen LogP contribution is 2.21. The first-order valence-corrected chi connectivity index (χ1v) is 17.2. The van der Waals surface area contributed by atoms with Crippen LogP contribution in [0.2, 0.25) is 0 Å². The molecule has 0 aliphatic carbocycles. The van der Waals surface area contributed by atoms with Crippen LogP contribution in [0.5, 0.6) is 0 Å². The van der Waals surface area contributed by atoms with E-state index in [9.17, 15) is 0 Å². The number of unbranched alkanes of at least 4 members (excludes halogenated alkanes) is 9. The fourth-order valence-corrected chi connectivity index (χ4v) is 6.38. The molecule has 0 unspecified atom stereocenters. The molecule has 0 aromatic heterocycles. The van der Waals surface area contributed by atoms with E-state index in [1.54, 1.807) is 0 Å². The van der Waals surface area contributed by atoms with E-state index in [-0.39, 0.29) is 0 Å². The average molecular weight is 583 g/mol. The molecule has 2 aromatic carbocycles. The van der Waals surface area contributed by atoms with Crippen LogP contribution in [-0.2, 0) is 0 Å². The van der Waals surface area contributed by atoms with Crippen LogP contribution in [0.4, 0.5) is 11.4 Å². The zero-order valence-corrected chi connectivity index (χ0v) is 29.3. The Balaban J connectivity index is 1.45. The van der Waals surface area contributed by atoms with Crippen molar-refractivity contribution in [3.63, 3.8) is 0 Å². The third kappa shape index (κ3) is 15.1. The van der Waals surface area contributed by atoms with Crippen LogP contribution in [-0.4, -0.2) is 105 Å². The minimum absolute atomic E-state index is 0.992. The van der Waals surface area contributed by atoms with Crippen LogP contribution >= 0.6 is 0 Å². The van der Waals surface area contributed by atoms with Gasteiger partial charge in [-0.1, -0.05) is 36.4 Å². The molecule has 0 N–H and O–H groups in total. The highest BCUT2D eigenvalue weighted by atomic mass is 15.3. The fraction of sp³-hybridized carbons (Fsp3) is 0.684. The highest BCUT2D eigenvalue weighted by Gasteiger charge is 2.20. The maximum Gasteiger partial charge on any atom is 0.132 e. The average Bonchev–Trinajstić information content (AvgIpc) is 2.95. The second-order valence-electron chi connectivity index (χ2n) is 15.5. The molecular weight excluding hydrogens is 512 g/mol. The molecule has 0 atom stereocenters. The Morgan fingerprint density at radius 3 is 0.810 bits per heavy atom. The summed E-state index contributed by atoms with van der Waals surface area (Å²) in [7, 11) is 19.1. The minimum Gasteiger partial charge on any atom is -0.328 e. The number of benzene rings is 2. The molecule has 2 aromatic rings. The lowest BCUT2D eigenvalue weighted by atomic mass is 10.1. The second-order valence-corrected chi connectivity index (χ2v) is 15.5. The van der Waals surface area contributed by atoms with Gasteiger partial charge in [-0.25, -0.2) is 0 Å². The third-order valence-electron chi connectivity index (χ3n) is 9.65. The van der Waals surface area contributed by atoms with Crippen molar-refractivity contribution in [1.29, 1.82) is 0 Å². The first-order valence-electron chi connectivity index (χ1n) is 17.2. The maximum atomic E-state index is 2.44. The zero-order valence-electron chi connectivity index (χ0n) is 29.3. The van der Waals surface area contributed by atoms with Gasteiger partial charge in [-0.3, -0.25) is 8.97 Å². The van der Waals surface area contributed by atoms with Crippen molar-refractivity contribution in [1.82, 2.24) is 8.97 Å². The molecule has 238 valence electrons. The summed E-state index contributed by atoms with van der Waals surface area (Å²) in [6.45, 7) is 7.76. The van der Waals surface area contributed by atoms with Crippen molar-refractivity contribution in [3.8, 4) is 0 Å². The number of nitrogens with zero attached hydrogens (tertiary/aromatic N) is 4. The summed E-state index contributed by atoms with van der Waals surface area (Å²) < 4.78 is 4.36. The molecule has 42 heavy (non-hydrogen) atoms. The Kier molecular flexibility index (Phi) is 15.8. The number of hydrogen-bond acceptors (Lipinski definition) is 0. The van der Waals surface area contributed by atoms with Gasteiger partial charge in [0.05, 0.1) is 95.6 Å². The van der Waals surface area contributed by atoms with Gasteiger partial charge in [-0.2, -0.15) is 0 Å². The van der Waals surface area contributed by atoms with Crippen LogP contribution in [0.1, 0.15) is 77.0 Å². The van der Waals surface area contributed by atoms with Crippen LogP contribution in [0.15, 0.2) is 60.7 Å². The van der Waals surface area contributed by atoms with E-state index in [0.717, 1.165) is 8.97 Å². The second kappa shape index (κ2) is 18.2. The normalized spacial score (nSPS) is 13.0. The highest BCUT2D eigenvalue weighted by molar-refractivity contribution is 5.41. The fourth-order valence-electron chi connectivity index (χ4n) is 6.38. The number of rotatable bonds is 23. The number of hydrogen-bond donors (Lipinski definition) is 0. The molecule has 0 bridgehead atoms. The third-order valence-corrected chi connectivity index (χ3v) is 9.65. The van der Waals surface area contributed by atoms with Gasteiger partial charge < -0.3 is 8.97 Å². The summed E-state index contributed by atoms with van der Waals surface area (Å²) in [4.78, 5) is 0. The Morgan fingerprint density at radius 1 is 0.310 bits per heavy atom. The summed E-state index contributed by atoms with van der Waals surface area (Å²) in [6, 6.07) is 21.9. The Bertz CT molecular complexity index is 870. The summed E-state index contributed by atoms with van der Waals surface area (Å²) in [6.07, 6.45) is 16.3. The maximum absolute atomic E-state index is 2.44. The largest absolute Gasteiger partial charge is 0.328 e. The standard InChI is InChI=1S/C38H70N4/c1-39(2,33-23-11-13-25-35-41(5,6)37-27-17-15-18-28-37)31-21-9-10-22-32-40(3,4)34-24-12-14-26-36-42(7,8)38-29-19-16-20-30-38/h15-20,27-30H,9-14,21-26,31-36H2,1-8H3/q+4. The minimum atomic E-state index is 0.992. The lowest BCUT2D eigenvalue weighted by molar-refractivity contribution is -0.891. The molecule has 4 heteroatoms. The molecule has 0 aliphatic rings. The molecular formula is C38H70N4+4. The van der Waals surface area contributed by atoms with Crippen molar-refractivity contribution in [3.05, 3.63) is 60.7 Å². The van der Waals surface area contributed by atoms with E-state index in [1.807, 2.05) is 0 Å². The van der Waals surface area contributed by atoms with Crippen LogP contribution < -0.4 is 8.97 Å². The van der Waals surface area contributed by atoms with Gasteiger partial charge in [-0.15, -0.1) is 0 Å².